The van der Waals surface area contributed by atoms with Gasteiger partial charge in [0.05, 0.1) is 6.20 Å². The molecular weight excluding hydrogens is 346 g/mol. The molecule has 1 saturated heterocycles. The molecule has 2 aromatic rings. The summed E-state index contributed by atoms with van der Waals surface area (Å²) in [5.74, 6) is 2.77. The van der Waals surface area contributed by atoms with Gasteiger partial charge < -0.3 is 15.1 Å². The summed E-state index contributed by atoms with van der Waals surface area (Å²) in [6.45, 7) is 5.78. The number of amides is 2. The van der Waals surface area contributed by atoms with E-state index in [1.165, 1.54) is 11.1 Å². The molecule has 0 radical (unpaired) electrons. The number of hydrogen-bond donors (Lipinski definition) is 1. The summed E-state index contributed by atoms with van der Waals surface area (Å²) >= 11 is 1.84. The molecule has 0 aliphatic carbocycles. The van der Waals surface area contributed by atoms with Crippen LogP contribution in [-0.2, 0) is 5.75 Å². The molecule has 0 bridgehead atoms. The molecule has 2 amide bonds. The summed E-state index contributed by atoms with van der Waals surface area (Å²) in [5, 5.41) is 3.02. The number of aryl methyl sites for hydroxylation is 1. The number of aromatic nitrogens is 2. The summed E-state index contributed by atoms with van der Waals surface area (Å²) in [6.07, 6.45) is 5.13. The van der Waals surface area contributed by atoms with E-state index in [0.717, 1.165) is 30.4 Å². The van der Waals surface area contributed by atoms with Gasteiger partial charge in [0, 0.05) is 56.6 Å². The number of rotatable bonds is 6. The lowest BCUT2D eigenvalue weighted by Crippen LogP contribution is -2.52. The maximum absolute atomic E-state index is 12.3. The second-order valence-electron chi connectivity index (χ2n) is 6.31. The molecule has 1 aliphatic heterocycles. The number of carbonyl (C=O) groups excluding carboxylic acids is 1. The van der Waals surface area contributed by atoms with Crippen LogP contribution in [0.25, 0.3) is 0 Å². The summed E-state index contributed by atoms with van der Waals surface area (Å²) < 4.78 is 0. The fourth-order valence-electron chi connectivity index (χ4n) is 2.81. The molecule has 3 rings (SSSR count). The van der Waals surface area contributed by atoms with Gasteiger partial charge in [-0.05, 0) is 12.5 Å². The van der Waals surface area contributed by atoms with Crippen LogP contribution in [0.5, 0.6) is 0 Å². The van der Waals surface area contributed by atoms with Crippen LogP contribution in [-0.4, -0.2) is 59.4 Å². The molecule has 26 heavy (non-hydrogen) atoms. The molecule has 1 fully saturated rings. The number of carbonyl (C=O) groups is 1. The molecule has 7 heteroatoms. The monoisotopic (exact) mass is 371 g/mol. The van der Waals surface area contributed by atoms with E-state index in [1.807, 2.05) is 16.7 Å². The minimum atomic E-state index is 0.0275. The van der Waals surface area contributed by atoms with Crippen molar-refractivity contribution < 1.29 is 4.79 Å². The van der Waals surface area contributed by atoms with Crippen LogP contribution in [0, 0.1) is 6.92 Å². The fourth-order valence-corrected chi connectivity index (χ4v) is 3.63. The van der Waals surface area contributed by atoms with E-state index < -0.39 is 0 Å². The van der Waals surface area contributed by atoms with Crippen molar-refractivity contribution in [3.63, 3.8) is 0 Å². The van der Waals surface area contributed by atoms with Crippen molar-refractivity contribution in [3.05, 3.63) is 54.0 Å². The Bertz CT molecular complexity index is 687. The largest absolute Gasteiger partial charge is 0.352 e. The highest BCUT2D eigenvalue weighted by Gasteiger charge is 2.21. The van der Waals surface area contributed by atoms with Gasteiger partial charge in [-0.25, -0.2) is 9.78 Å². The molecule has 0 saturated carbocycles. The fraction of sp³-hybridized carbons (Fsp3) is 0.421. The standard InChI is InChI=1S/C19H25N5OS/c1-16-2-4-17(5-3-16)15-26-13-8-22-19(25)24-11-9-23(10-12-24)18-14-20-6-7-21-18/h2-7,14H,8-13,15H2,1H3,(H,22,25). The van der Waals surface area contributed by atoms with Crippen molar-refractivity contribution in [2.24, 2.45) is 0 Å². The third-order valence-corrected chi connectivity index (χ3v) is 5.38. The van der Waals surface area contributed by atoms with Gasteiger partial charge in [0.25, 0.3) is 0 Å². The normalized spacial score (nSPS) is 14.3. The van der Waals surface area contributed by atoms with E-state index in [4.69, 9.17) is 0 Å². The summed E-state index contributed by atoms with van der Waals surface area (Å²) in [4.78, 5) is 24.7. The van der Waals surface area contributed by atoms with E-state index in [1.54, 1.807) is 18.6 Å². The average Bonchev–Trinajstić information content (AvgIpc) is 2.70. The topological polar surface area (TPSA) is 61.4 Å². The highest BCUT2D eigenvalue weighted by atomic mass is 32.2. The predicted molar refractivity (Wildman–Crippen MR) is 107 cm³/mol. The lowest BCUT2D eigenvalue weighted by molar-refractivity contribution is 0.195. The first kappa shape index (κ1) is 18.5. The number of urea groups is 1. The van der Waals surface area contributed by atoms with Gasteiger partial charge >= 0.3 is 6.03 Å². The van der Waals surface area contributed by atoms with Crippen molar-refractivity contribution in [3.8, 4) is 0 Å². The second-order valence-corrected chi connectivity index (χ2v) is 7.41. The number of piperazine rings is 1. The maximum Gasteiger partial charge on any atom is 0.317 e. The number of thioether (sulfide) groups is 1. The first-order chi connectivity index (χ1) is 12.7. The third kappa shape index (κ3) is 5.36. The van der Waals surface area contributed by atoms with Crippen LogP contribution >= 0.6 is 11.8 Å². The van der Waals surface area contributed by atoms with Gasteiger partial charge in [0.2, 0.25) is 0 Å². The molecule has 1 aromatic carbocycles. The molecule has 6 nitrogen and oxygen atoms in total. The van der Waals surface area contributed by atoms with Crippen LogP contribution < -0.4 is 10.2 Å². The van der Waals surface area contributed by atoms with Crippen molar-refractivity contribution in [1.82, 2.24) is 20.2 Å². The highest BCUT2D eigenvalue weighted by molar-refractivity contribution is 7.98. The average molecular weight is 372 g/mol. The van der Waals surface area contributed by atoms with Gasteiger partial charge in [0.1, 0.15) is 5.82 Å². The minimum absolute atomic E-state index is 0.0275. The first-order valence-electron chi connectivity index (χ1n) is 8.89. The minimum Gasteiger partial charge on any atom is -0.352 e. The third-order valence-electron chi connectivity index (χ3n) is 4.35. The molecular formula is C19H25N5OS. The summed E-state index contributed by atoms with van der Waals surface area (Å²) in [6, 6.07) is 8.63. The zero-order valence-electron chi connectivity index (χ0n) is 15.1. The zero-order chi connectivity index (χ0) is 18.2. The van der Waals surface area contributed by atoms with Crippen molar-refractivity contribution in [2.75, 3.05) is 43.4 Å². The molecule has 138 valence electrons. The Hall–Kier alpha value is -2.28. The Kier molecular flexibility index (Phi) is 6.71. The Morgan fingerprint density at radius 1 is 1.15 bits per heavy atom. The van der Waals surface area contributed by atoms with Gasteiger partial charge in [-0.2, -0.15) is 11.8 Å². The number of nitrogens with zero attached hydrogens (tertiary/aromatic N) is 4. The first-order valence-corrected chi connectivity index (χ1v) is 10.0. The lowest BCUT2D eigenvalue weighted by atomic mass is 10.2. The van der Waals surface area contributed by atoms with Crippen molar-refractivity contribution >= 4 is 23.6 Å². The van der Waals surface area contributed by atoms with Gasteiger partial charge in [-0.15, -0.1) is 0 Å². The summed E-state index contributed by atoms with van der Waals surface area (Å²) in [7, 11) is 0. The van der Waals surface area contributed by atoms with Crippen LogP contribution in [0.15, 0.2) is 42.9 Å². The molecule has 0 unspecified atom stereocenters. The Morgan fingerprint density at radius 3 is 2.62 bits per heavy atom. The molecule has 2 heterocycles. The number of anilines is 1. The van der Waals surface area contributed by atoms with Crippen LogP contribution in [0.4, 0.5) is 10.6 Å². The predicted octanol–water partition coefficient (Wildman–Crippen LogP) is 2.55. The quantitative estimate of drug-likeness (QED) is 0.791. The van der Waals surface area contributed by atoms with Crippen LogP contribution in [0.3, 0.4) is 0 Å². The molecule has 0 atom stereocenters. The zero-order valence-corrected chi connectivity index (χ0v) is 15.9. The number of benzene rings is 1. The van der Waals surface area contributed by atoms with E-state index in [2.05, 4.69) is 51.4 Å². The molecule has 1 aromatic heterocycles. The molecule has 0 spiro atoms. The van der Waals surface area contributed by atoms with E-state index in [9.17, 15) is 4.79 Å². The lowest BCUT2D eigenvalue weighted by Gasteiger charge is -2.35. The Balaban J connectivity index is 1.31. The van der Waals surface area contributed by atoms with Gasteiger partial charge in [-0.1, -0.05) is 29.8 Å². The highest BCUT2D eigenvalue weighted by Crippen LogP contribution is 2.13. The van der Waals surface area contributed by atoms with Crippen molar-refractivity contribution in [2.45, 2.75) is 12.7 Å². The van der Waals surface area contributed by atoms with Crippen LogP contribution in [0.1, 0.15) is 11.1 Å². The van der Waals surface area contributed by atoms with Crippen LogP contribution in [0.2, 0.25) is 0 Å². The molecule has 1 N–H and O–H groups in total. The number of nitrogens with one attached hydrogen (secondary N) is 1. The second kappa shape index (κ2) is 9.43. The maximum atomic E-state index is 12.3. The smallest absolute Gasteiger partial charge is 0.317 e. The molecule has 1 aliphatic rings. The number of hydrogen-bond acceptors (Lipinski definition) is 5. The van der Waals surface area contributed by atoms with Gasteiger partial charge in [0.15, 0.2) is 0 Å². The van der Waals surface area contributed by atoms with E-state index >= 15 is 0 Å². The Labute approximate surface area is 159 Å². The van der Waals surface area contributed by atoms with E-state index in [0.29, 0.717) is 19.6 Å². The van der Waals surface area contributed by atoms with Crippen molar-refractivity contribution in [1.29, 1.82) is 0 Å². The SMILES string of the molecule is Cc1ccc(CSCCNC(=O)N2CCN(c3cnccn3)CC2)cc1. The van der Waals surface area contributed by atoms with Gasteiger partial charge in [-0.3, -0.25) is 4.98 Å². The van der Waals surface area contributed by atoms with E-state index in [-0.39, 0.29) is 6.03 Å². The Morgan fingerprint density at radius 2 is 1.92 bits per heavy atom. The summed E-state index contributed by atoms with van der Waals surface area (Å²) in [5.41, 5.74) is 2.61.